The van der Waals surface area contributed by atoms with Crippen molar-refractivity contribution in [2.24, 2.45) is 0 Å². The van der Waals surface area contributed by atoms with Crippen LogP contribution in [0, 0.1) is 0 Å². The standard InChI is InChI=1S/C13H20N2O2S/c1-3-16-11-8-15-12(4-5-13(15)18-2)14-6-9-17-10-7-14/h3-5H,1,6-11H2,2H3. The minimum atomic E-state index is 0.656. The predicted octanol–water partition coefficient (Wildman–Crippen LogP) is 2.21. The average molecular weight is 268 g/mol. The van der Waals surface area contributed by atoms with E-state index in [1.54, 1.807) is 11.8 Å². The molecule has 1 aromatic heterocycles. The van der Waals surface area contributed by atoms with E-state index in [1.807, 2.05) is 0 Å². The fraction of sp³-hybridized carbons (Fsp3) is 0.538. The Labute approximate surface area is 113 Å². The third-order valence-corrected chi connectivity index (χ3v) is 3.79. The van der Waals surface area contributed by atoms with Crippen molar-refractivity contribution in [3.63, 3.8) is 0 Å². The van der Waals surface area contributed by atoms with Gasteiger partial charge in [-0.2, -0.15) is 0 Å². The molecule has 1 aliphatic heterocycles. The highest BCUT2D eigenvalue weighted by Gasteiger charge is 2.16. The molecule has 2 rings (SSSR count). The van der Waals surface area contributed by atoms with Gasteiger partial charge in [-0.15, -0.1) is 11.8 Å². The first kappa shape index (κ1) is 13.4. The zero-order chi connectivity index (χ0) is 12.8. The minimum Gasteiger partial charge on any atom is -0.500 e. The summed E-state index contributed by atoms with van der Waals surface area (Å²) in [6.45, 7) is 8.61. The summed E-state index contributed by atoms with van der Waals surface area (Å²) in [4.78, 5) is 2.37. The normalized spacial score (nSPS) is 15.7. The van der Waals surface area contributed by atoms with Gasteiger partial charge in [-0.05, 0) is 18.4 Å². The van der Waals surface area contributed by atoms with Gasteiger partial charge in [-0.3, -0.25) is 0 Å². The van der Waals surface area contributed by atoms with Crippen molar-refractivity contribution in [1.29, 1.82) is 0 Å². The fourth-order valence-electron chi connectivity index (χ4n) is 2.14. The maximum Gasteiger partial charge on any atom is 0.109 e. The molecule has 0 unspecified atom stereocenters. The van der Waals surface area contributed by atoms with Crippen LogP contribution in [0.2, 0.25) is 0 Å². The first-order valence-electron chi connectivity index (χ1n) is 6.15. The Hall–Kier alpha value is -1.07. The van der Waals surface area contributed by atoms with Crippen LogP contribution in [-0.4, -0.2) is 43.7 Å². The van der Waals surface area contributed by atoms with Gasteiger partial charge in [0.25, 0.3) is 0 Å². The summed E-state index contributed by atoms with van der Waals surface area (Å²) in [6, 6.07) is 4.36. The SMILES string of the molecule is C=COCCn1c(SC)ccc1N1CCOCC1. The van der Waals surface area contributed by atoms with Crippen LogP contribution in [0.1, 0.15) is 0 Å². The lowest BCUT2D eigenvalue weighted by Crippen LogP contribution is -2.37. The number of hydrogen-bond acceptors (Lipinski definition) is 4. The van der Waals surface area contributed by atoms with Crippen LogP contribution in [-0.2, 0) is 16.0 Å². The van der Waals surface area contributed by atoms with Crippen LogP contribution in [0.3, 0.4) is 0 Å². The highest BCUT2D eigenvalue weighted by atomic mass is 32.2. The largest absolute Gasteiger partial charge is 0.500 e. The summed E-state index contributed by atoms with van der Waals surface area (Å²) in [6.07, 6.45) is 3.60. The summed E-state index contributed by atoms with van der Waals surface area (Å²) in [7, 11) is 0. The van der Waals surface area contributed by atoms with E-state index in [1.165, 1.54) is 17.1 Å². The highest BCUT2D eigenvalue weighted by molar-refractivity contribution is 7.98. The second kappa shape index (κ2) is 6.75. The number of rotatable bonds is 6. The summed E-state index contributed by atoms with van der Waals surface area (Å²) in [5.41, 5.74) is 0. The number of ether oxygens (including phenoxy) is 2. The van der Waals surface area contributed by atoms with E-state index in [4.69, 9.17) is 9.47 Å². The van der Waals surface area contributed by atoms with E-state index in [0.29, 0.717) is 6.61 Å². The van der Waals surface area contributed by atoms with Gasteiger partial charge >= 0.3 is 0 Å². The Morgan fingerprint density at radius 3 is 2.89 bits per heavy atom. The van der Waals surface area contributed by atoms with Crippen LogP contribution in [0.15, 0.2) is 30.0 Å². The molecule has 0 amide bonds. The first-order valence-corrected chi connectivity index (χ1v) is 7.38. The highest BCUT2D eigenvalue weighted by Crippen LogP contribution is 2.26. The van der Waals surface area contributed by atoms with Crippen molar-refractivity contribution in [3.05, 3.63) is 25.0 Å². The molecular weight excluding hydrogens is 248 g/mol. The third kappa shape index (κ3) is 3.03. The molecule has 2 heterocycles. The molecule has 0 radical (unpaired) electrons. The molecule has 0 atom stereocenters. The second-order valence-electron chi connectivity index (χ2n) is 4.02. The monoisotopic (exact) mass is 268 g/mol. The van der Waals surface area contributed by atoms with Crippen molar-refractivity contribution in [2.75, 3.05) is 44.1 Å². The lowest BCUT2D eigenvalue weighted by Gasteiger charge is -2.30. The Kier molecular flexibility index (Phi) is 5.01. The molecule has 1 aromatic rings. The van der Waals surface area contributed by atoms with E-state index >= 15 is 0 Å². The fourth-order valence-corrected chi connectivity index (χ4v) is 2.75. The molecule has 100 valence electrons. The Morgan fingerprint density at radius 1 is 1.44 bits per heavy atom. The average Bonchev–Trinajstić information content (AvgIpc) is 2.83. The first-order chi connectivity index (χ1) is 8.86. The van der Waals surface area contributed by atoms with Crippen LogP contribution in [0.4, 0.5) is 5.82 Å². The van der Waals surface area contributed by atoms with Gasteiger partial charge in [0.15, 0.2) is 0 Å². The van der Waals surface area contributed by atoms with Crippen molar-refractivity contribution < 1.29 is 9.47 Å². The van der Waals surface area contributed by atoms with Crippen LogP contribution < -0.4 is 4.90 Å². The number of aromatic nitrogens is 1. The Morgan fingerprint density at radius 2 is 2.22 bits per heavy atom. The molecule has 18 heavy (non-hydrogen) atoms. The Bertz CT molecular complexity index is 386. The molecule has 5 heteroatoms. The van der Waals surface area contributed by atoms with Crippen LogP contribution in [0.5, 0.6) is 0 Å². The zero-order valence-corrected chi connectivity index (χ0v) is 11.6. The number of thioether (sulfide) groups is 1. The van der Waals surface area contributed by atoms with Crippen molar-refractivity contribution >= 4 is 17.6 Å². The van der Waals surface area contributed by atoms with Gasteiger partial charge in [-0.25, -0.2) is 0 Å². The van der Waals surface area contributed by atoms with Gasteiger partial charge < -0.3 is 18.9 Å². The second-order valence-corrected chi connectivity index (χ2v) is 4.85. The number of hydrogen-bond donors (Lipinski definition) is 0. The maximum absolute atomic E-state index is 5.40. The number of morpholine rings is 1. The molecule has 4 nitrogen and oxygen atoms in total. The van der Waals surface area contributed by atoms with Gasteiger partial charge in [0.05, 0.1) is 31.0 Å². The van der Waals surface area contributed by atoms with Gasteiger partial charge in [-0.1, -0.05) is 6.58 Å². The van der Waals surface area contributed by atoms with E-state index in [9.17, 15) is 0 Å². The van der Waals surface area contributed by atoms with Gasteiger partial charge in [0, 0.05) is 13.1 Å². The van der Waals surface area contributed by atoms with Crippen LogP contribution >= 0.6 is 11.8 Å². The summed E-state index contributed by atoms with van der Waals surface area (Å²) in [5, 5.41) is 1.27. The van der Waals surface area contributed by atoms with Crippen molar-refractivity contribution in [3.8, 4) is 0 Å². The summed E-state index contributed by atoms with van der Waals surface area (Å²) >= 11 is 1.76. The molecule has 0 aromatic carbocycles. The van der Waals surface area contributed by atoms with E-state index < -0.39 is 0 Å². The van der Waals surface area contributed by atoms with Crippen molar-refractivity contribution in [1.82, 2.24) is 4.57 Å². The van der Waals surface area contributed by atoms with Gasteiger partial charge in [0.2, 0.25) is 0 Å². The zero-order valence-electron chi connectivity index (χ0n) is 10.8. The van der Waals surface area contributed by atoms with Crippen LogP contribution in [0.25, 0.3) is 0 Å². The molecule has 0 aliphatic carbocycles. The van der Waals surface area contributed by atoms with Crippen molar-refractivity contribution in [2.45, 2.75) is 11.6 Å². The van der Waals surface area contributed by atoms with Gasteiger partial charge in [0.1, 0.15) is 12.4 Å². The minimum absolute atomic E-state index is 0.656. The molecule has 1 aliphatic rings. The molecular formula is C13H20N2O2S. The molecule has 1 fully saturated rings. The predicted molar refractivity (Wildman–Crippen MR) is 75.4 cm³/mol. The lowest BCUT2D eigenvalue weighted by atomic mass is 10.4. The topological polar surface area (TPSA) is 26.6 Å². The molecule has 0 spiro atoms. The molecule has 0 N–H and O–H groups in total. The quantitative estimate of drug-likeness (QED) is 0.449. The smallest absolute Gasteiger partial charge is 0.109 e. The summed E-state index contributed by atoms with van der Waals surface area (Å²) < 4.78 is 12.9. The Balaban J connectivity index is 2.12. The van der Waals surface area contributed by atoms with E-state index in [0.717, 1.165) is 32.8 Å². The lowest BCUT2D eigenvalue weighted by molar-refractivity contribution is 0.122. The number of nitrogens with zero attached hydrogens (tertiary/aromatic N) is 2. The van der Waals surface area contributed by atoms with E-state index in [2.05, 4.69) is 34.4 Å². The number of anilines is 1. The molecule has 0 bridgehead atoms. The molecule has 1 saturated heterocycles. The maximum atomic E-state index is 5.40. The summed E-state index contributed by atoms with van der Waals surface area (Å²) in [5.74, 6) is 1.26. The van der Waals surface area contributed by atoms with E-state index in [-0.39, 0.29) is 0 Å². The molecule has 0 saturated carbocycles. The third-order valence-electron chi connectivity index (χ3n) is 3.01.